The molecule has 1 amide bonds. The van der Waals surface area contributed by atoms with E-state index in [1.165, 1.54) is 6.20 Å². The van der Waals surface area contributed by atoms with Gasteiger partial charge in [0.1, 0.15) is 5.69 Å². The second kappa shape index (κ2) is 6.64. The number of pyridine rings is 1. The molecule has 112 valence electrons. The molecule has 0 saturated heterocycles. The number of benzene rings is 1. The minimum absolute atomic E-state index is 0.0771. The molecule has 0 spiro atoms. The van der Waals surface area contributed by atoms with Crippen molar-refractivity contribution in [1.82, 2.24) is 4.98 Å². The number of hydrogen-bond acceptors (Lipinski definition) is 2. The molecule has 0 atom stereocenters. The van der Waals surface area contributed by atoms with E-state index in [4.69, 9.17) is 11.6 Å². The molecule has 0 aliphatic rings. The number of amides is 1. The molecule has 0 radical (unpaired) electrons. The first-order valence-corrected chi connectivity index (χ1v) is 7.27. The van der Waals surface area contributed by atoms with Crippen LogP contribution in [-0.2, 0) is 0 Å². The summed E-state index contributed by atoms with van der Waals surface area (Å²) in [6.45, 7) is 6.11. The van der Waals surface area contributed by atoms with Crippen LogP contribution in [0.2, 0.25) is 5.02 Å². The Morgan fingerprint density at radius 2 is 1.82 bits per heavy atom. The van der Waals surface area contributed by atoms with E-state index in [9.17, 15) is 4.79 Å². The van der Waals surface area contributed by atoms with Crippen molar-refractivity contribution in [2.75, 3.05) is 5.32 Å². The highest BCUT2D eigenvalue weighted by Crippen LogP contribution is 2.14. The van der Waals surface area contributed by atoms with E-state index >= 15 is 0 Å². The Morgan fingerprint density at radius 3 is 2.36 bits per heavy atom. The van der Waals surface area contributed by atoms with Crippen LogP contribution in [0.3, 0.4) is 0 Å². The molecule has 0 aliphatic carbocycles. The van der Waals surface area contributed by atoms with Crippen molar-refractivity contribution in [2.24, 2.45) is 5.41 Å². The Bertz CT molecular complexity index is 717. The Labute approximate surface area is 135 Å². The summed E-state index contributed by atoms with van der Waals surface area (Å²) in [6.07, 6.45) is 1.53. The lowest BCUT2D eigenvalue weighted by atomic mass is 9.98. The zero-order chi connectivity index (χ0) is 16.2. The van der Waals surface area contributed by atoms with Gasteiger partial charge in [-0.3, -0.25) is 4.79 Å². The van der Waals surface area contributed by atoms with Gasteiger partial charge in [0.2, 0.25) is 0 Å². The van der Waals surface area contributed by atoms with Gasteiger partial charge in [-0.15, -0.1) is 0 Å². The molecule has 3 nitrogen and oxygen atoms in total. The van der Waals surface area contributed by atoms with Crippen molar-refractivity contribution in [3.8, 4) is 11.8 Å². The zero-order valence-electron chi connectivity index (χ0n) is 12.8. The number of rotatable bonds is 2. The molecular formula is C18H17ClN2O. The summed E-state index contributed by atoms with van der Waals surface area (Å²) in [6, 6.07) is 10.4. The normalized spacial score (nSPS) is 10.5. The standard InChI is InChI=1S/C18H17ClN2O/c1-18(2,3)11-10-15-7-4-13(12-20-15)17(22)21-16-8-5-14(19)6-9-16/h4-9,12H,1-3H3,(H,21,22). The van der Waals surface area contributed by atoms with Gasteiger partial charge in [-0.05, 0) is 63.1 Å². The molecule has 1 N–H and O–H groups in total. The molecule has 0 bridgehead atoms. The van der Waals surface area contributed by atoms with Gasteiger partial charge >= 0.3 is 0 Å². The van der Waals surface area contributed by atoms with Gasteiger partial charge in [-0.2, -0.15) is 0 Å². The summed E-state index contributed by atoms with van der Waals surface area (Å²) in [4.78, 5) is 16.3. The van der Waals surface area contributed by atoms with Crippen LogP contribution in [0.1, 0.15) is 36.8 Å². The van der Waals surface area contributed by atoms with Crippen molar-refractivity contribution < 1.29 is 4.79 Å². The number of aromatic nitrogens is 1. The number of carbonyl (C=O) groups excluding carboxylic acids is 1. The lowest BCUT2D eigenvalue weighted by molar-refractivity contribution is 0.102. The van der Waals surface area contributed by atoms with Crippen LogP contribution in [0.25, 0.3) is 0 Å². The van der Waals surface area contributed by atoms with Gasteiger partial charge in [0, 0.05) is 22.3 Å². The molecule has 2 rings (SSSR count). The van der Waals surface area contributed by atoms with Crippen LogP contribution in [0, 0.1) is 17.3 Å². The number of halogens is 1. The number of anilines is 1. The number of nitrogens with zero attached hydrogens (tertiary/aromatic N) is 1. The topological polar surface area (TPSA) is 42.0 Å². The van der Waals surface area contributed by atoms with Crippen LogP contribution in [0.15, 0.2) is 42.6 Å². The van der Waals surface area contributed by atoms with Crippen molar-refractivity contribution >= 4 is 23.2 Å². The smallest absolute Gasteiger partial charge is 0.257 e. The summed E-state index contributed by atoms with van der Waals surface area (Å²) in [7, 11) is 0. The molecule has 0 aliphatic heterocycles. The third-order valence-corrected chi connectivity index (χ3v) is 2.95. The Hall–Kier alpha value is -2.31. The van der Waals surface area contributed by atoms with Gasteiger partial charge in [-0.1, -0.05) is 17.5 Å². The molecular weight excluding hydrogens is 296 g/mol. The summed E-state index contributed by atoms with van der Waals surface area (Å²) >= 11 is 5.81. The van der Waals surface area contributed by atoms with Gasteiger partial charge < -0.3 is 5.32 Å². The Balaban J connectivity index is 2.07. The first-order chi connectivity index (χ1) is 10.3. The highest BCUT2D eigenvalue weighted by Gasteiger charge is 2.07. The molecule has 0 fully saturated rings. The molecule has 1 aromatic carbocycles. The van der Waals surface area contributed by atoms with Gasteiger partial charge in [0.25, 0.3) is 5.91 Å². The predicted molar refractivity (Wildman–Crippen MR) is 90.0 cm³/mol. The van der Waals surface area contributed by atoms with Gasteiger partial charge in [0.05, 0.1) is 5.56 Å². The molecule has 2 aromatic rings. The largest absolute Gasteiger partial charge is 0.322 e. The zero-order valence-corrected chi connectivity index (χ0v) is 13.5. The van der Waals surface area contributed by atoms with Crippen molar-refractivity contribution in [3.05, 3.63) is 58.9 Å². The maximum atomic E-state index is 12.1. The maximum absolute atomic E-state index is 12.1. The lowest BCUT2D eigenvalue weighted by Gasteiger charge is -2.07. The second-order valence-corrected chi connectivity index (χ2v) is 6.33. The van der Waals surface area contributed by atoms with E-state index in [-0.39, 0.29) is 11.3 Å². The molecule has 0 saturated carbocycles. The minimum Gasteiger partial charge on any atom is -0.322 e. The van der Waals surface area contributed by atoms with Crippen LogP contribution < -0.4 is 5.32 Å². The summed E-state index contributed by atoms with van der Waals surface area (Å²) < 4.78 is 0. The van der Waals surface area contributed by atoms with Gasteiger partial charge in [0.15, 0.2) is 0 Å². The summed E-state index contributed by atoms with van der Waals surface area (Å²) in [5.74, 6) is 5.89. The second-order valence-electron chi connectivity index (χ2n) is 5.89. The maximum Gasteiger partial charge on any atom is 0.257 e. The van der Waals surface area contributed by atoms with Crippen LogP contribution in [0.4, 0.5) is 5.69 Å². The van der Waals surface area contributed by atoms with Crippen LogP contribution in [-0.4, -0.2) is 10.9 Å². The third-order valence-electron chi connectivity index (χ3n) is 2.69. The Kier molecular flexibility index (Phi) is 4.85. The van der Waals surface area contributed by atoms with E-state index < -0.39 is 0 Å². The van der Waals surface area contributed by atoms with Crippen LogP contribution >= 0.6 is 11.6 Å². The molecule has 0 unspecified atom stereocenters. The fourth-order valence-electron chi connectivity index (χ4n) is 1.59. The highest BCUT2D eigenvalue weighted by atomic mass is 35.5. The molecule has 1 heterocycles. The molecule has 22 heavy (non-hydrogen) atoms. The first-order valence-electron chi connectivity index (χ1n) is 6.90. The van der Waals surface area contributed by atoms with E-state index in [0.717, 1.165) is 0 Å². The van der Waals surface area contributed by atoms with Crippen LogP contribution in [0.5, 0.6) is 0 Å². The van der Waals surface area contributed by atoms with E-state index in [2.05, 4.69) is 22.1 Å². The number of carbonyl (C=O) groups is 1. The van der Waals surface area contributed by atoms with E-state index in [1.54, 1.807) is 36.4 Å². The first kappa shape index (κ1) is 16.1. The summed E-state index contributed by atoms with van der Waals surface area (Å²) in [5.41, 5.74) is 1.74. The number of hydrogen-bond donors (Lipinski definition) is 1. The highest BCUT2D eigenvalue weighted by molar-refractivity contribution is 6.30. The average molecular weight is 313 g/mol. The van der Waals surface area contributed by atoms with Gasteiger partial charge in [-0.25, -0.2) is 4.98 Å². The molecule has 1 aromatic heterocycles. The average Bonchev–Trinajstić information content (AvgIpc) is 2.47. The fraction of sp³-hybridized carbons (Fsp3) is 0.222. The quantitative estimate of drug-likeness (QED) is 0.836. The SMILES string of the molecule is CC(C)(C)C#Cc1ccc(C(=O)Nc2ccc(Cl)cc2)cn1. The summed E-state index contributed by atoms with van der Waals surface area (Å²) in [5, 5.41) is 3.41. The van der Waals surface area contributed by atoms with E-state index in [1.807, 2.05) is 20.8 Å². The fourth-order valence-corrected chi connectivity index (χ4v) is 1.72. The van der Waals surface area contributed by atoms with Crippen molar-refractivity contribution in [1.29, 1.82) is 0 Å². The number of nitrogens with one attached hydrogen (secondary N) is 1. The van der Waals surface area contributed by atoms with E-state index in [0.29, 0.717) is 22.0 Å². The monoisotopic (exact) mass is 312 g/mol. The predicted octanol–water partition coefficient (Wildman–Crippen LogP) is 4.38. The minimum atomic E-state index is -0.217. The van der Waals surface area contributed by atoms with Crippen molar-refractivity contribution in [3.63, 3.8) is 0 Å². The third kappa shape index (κ3) is 4.91. The van der Waals surface area contributed by atoms with Crippen molar-refractivity contribution in [2.45, 2.75) is 20.8 Å². The Morgan fingerprint density at radius 1 is 1.14 bits per heavy atom. The lowest BCUT2D eigenvalue weighted by Crippen LogP contribution is -2.12. The molecule has 4 heteroatoms.